The summed E-state index contributed by atoms with van der Waals surface area (Å²) in [6, 6.07) is 16.4. The summed E-state index contributed by atoms with van der Waals surface area (Å²) in [7, 11) is 1.31. The zero-order valence-electron chi connectivity index (χ0n) is 16.6. The van der Waals surface area contributed by atoms with Crippen LogP contribution >= 0.6 is 11.8 Å². The van der Waals surface area contributed by atoms with Gasteiger partial charge in [-0.3, -0.25) is 9.69 Å². The first-order valence-corrected chi connectivity index (χ1v) is 10.5. The van der Waals surface area contributed by atoms with Gasteiger partial charge in [0.15, 0.2) is 5.72 Å². The van der Waals surface area contributed by atoms with Crippen LogP contribution in [-0.2, 0) is 15.3 Å². The Hall–Kier alpha value is -3.08. The van der Waals surface area contributed by atoms with E-state index in [0.29, 0.717) is 21.7 Å². The van der Waals surface area contributed by atoms with Crippen LogP contribution in [-0.4, -0.2) is 34.7 Å². The fourth-order valence-electron chi connectivity index (χ4n) is 3.91. The molecular weight excluding hydrogens is 400 g/mol. The summed E-state index contributed by atoms with van der Waals surface area (Å²) in [6.45, 7) is 1.96. The van der Waals surface area contributed by atoms with Gasteiger partial charge in [-0.25, -0.2) is 4.79 Å². The molecule has 2 aliphatic rings. The van der Waals surface area contributed by atoms with Crippen LogP contribution in [0.3, 0.4) is 0 Å². The second kappa shape index (κ2) is 7.63. The Labute approximate surface area is 178 Å². The summed E-state index contributed by atoms with van der Waals surface area (Å²) in [5.74, 6) is -0.843. The molecule has 2 aromatic carbocycles. The minimum absolute atomic E-state index is 0.0682. The lowest BCUT2D eigenvalue weighted by atomic mass is 9.85. The van der Waals surface area contributed by atoms with Crippen molar-refractivity contribution in [2.24, 2.45) is 0 Å². The highest BCUT2D eigenvalue weighted by molar-refractivity contribution is 8.03. The molecular formula is C23H20N2O4S. The van der Waals surface area contributed by atoms with Gasteiger partial charge in [-0.2, -0.15) is 5.26 Å². The highest BCUT2D eigenvalue weighted by atomic mass is 32.2. The smallest absolute Gasteiger partial charge is 0.337 e. The van der Waals surface area contributed by atoms with Gasteiger partial charge >= 0.3 is 5.97 Å². The number of nitriles is 1. The molecule has 1 N–H and O–H groups in total. The first kappa shape index (κ1) is 20.2. The van der Waals surface area contributed by atoms with E-state index in [1.165, 1.54) is 23.8 Å². The topological polar surface area (TPSA) is 90.6 Å². The minimum Gasteiger partial charge on any atom is -0.465 e. The molecule has 1 fully saturated rings. The summed E-state index contributed by atoms with van der Waals surface area (Å²) in [5, 5.41) is 21.8. The molecule has 2 aromatic rings. The van der Waals surface area contributed by atoms with Crippen LogP contribution in [0.5, 0.6) is 0 Å². The third kappa shape index (κ3) is 3.18. The van der Waals surface area contributed by atoms with Crippen LogP contribution in [0.25, 0.3) is 0 Å². The minimum atomic E-state index is -1.48. The molecule has 2 aliphatic heterocycles. The fourth-order valence-corrected chi connectivity index (χ4v) is 5.27. The molecule has 0 saturated carbocycles. The molecule has 152 valence electrons. The van der Waals surface area contributed by atoms with Gasteiger partial charge < -0.3 is 9.84 Å². The SMILES string of the molecule is COC(=O)c1ccc([C@@H]2CC(=O)N3C(=C2C#N)SC[C@]3(O)c2ccc(C)cc2)cc1. The summed E-state index contributed by atoms with van der Waals surface area (Å²) in [4.78, 5) is 26.2. The summed E-state index contributed by atoms with van der Waals surface area (Å²) >= 11 is 1.32. The molecule has 0 spiro atoms. The van der Waals surface area contributed by atoms with Crippen LogP contribution in [0.1, 0.15) is 39.4 Å². The average Bonchev–Trinajstić information content (AvgIpc) is 3.12. The van der Waals surface area contributed by atoms with Crippen LogP contribution in [0.4, 0.5) is 0 Å². The van der Waals surface area contributed by atoms with E-state index in [9.17, 15) is 20.0 Å². The fraction of sp³-hybridized carbons (Fsp3) is 0.261. The Morgan fingerprint density at radius 3 is 2.50 bits per heavy atom. The van der Waals surface area contributed by atoms with Crippen molar-refractivity contribution in [3.8, 4) is 6.07 Å². The number of aryl methyl sites for hydroxylation is 1. The lowest BCUT2D eigenvalue weighted by molar-refractivity contribution is -0.149. The van der Waals surface area contributed by atoms with Crippen molar-refractivity contribution in [2.45, 2.75) is 25.0 Å². The van der Waals surface area contributed by atoms with Crippen molar-refractivity contribution in [1.29, 1.82) is 5.26 Å². The molecule has 0 unspecified atom stereocenters. The maximum atomic E-state index is 13.1. The predicted molar refractivity (Wildman–Crippen MR) is 112 cm³/mol. The zero-order valence-corrected chi connectivity index (χ0v) is 17.4. The number of carbonyl (C=O) groups excluding carboxylic acids is 2. The van der Waals surface area contributed by atoms with Crippen molar-refractivity contribution in [3.05, 3.63) is 81.4 Å². The van der Waals surface area contributed by atoms with Crippen molar-refractivity contribution >= 4 is 23.6 Å². The number of methoxy groups -OCH3 is 1. The molecule has 30 heavy (non-hydrogen) atoms. The summed E-state index contributed by atoms with van der Waals surface area (Å²) in [5.41, 5.74) is 1.83. The molecule has 0 bridgehead atoms. The van der Waals surface area contributed by atoms with Crippen LogP contribution in [0.15, 0.2) is 59.1 Å². The number of ether oxygens (including phenoxy) is 1. The average molecular weight is 420 g/mol. The molecule has 6 nitrogen and oxygen atoms in total. The lowest BCUT2D eigenvalue weighted by Gasteiger charge is -2.38. The zero-order chi connectivity index (χ0) is 21.5. The normalized spacial score (nSPS) is 23.2. The van der Waals surface area contributed by atoms with Crippen LogP contribution in [0, 0.1) is 18.3 Å². The third-order valence-corrected chi connectivity index (χ3v) is 6.78. The summed E-state index contributed by atoms with van der Waals surface area (Å²) in [6.07, 6.45) is 0.0682. The monoisotopic (exact) mass is 420 g/mol. The van der Waals surface area contributed by atoms with Gasteiger partial charge in [0, 0.05) is 17.9 Å². The van der Waals surface area contributed by atoms with Gasteiger partial charge in [0.2, 0.25) is 5.91 Å². The first-order valence-electron chi connectivity index (χ1n) is 9.47. The summed E-state index contributed by atoms with van der Waals surface area (Å²) < 4.78 is 4.72. The molecule has 2 atom stereocenters. The van der Waals surface area contributed by atoms with Crippen molar-refractivity contribution in [3.63, 3.8) is 0 Å². The number of fused-ring (bicyclic) bond motifs is 1. The van der Waals surface area contributed by atoms with Gasteiger partial charge in [0.05, 0.1) is 35.1 Å². The molecule has 0 radical (unpaired) electrons. The lowest BCUT2D eigenvalue weighted by Crippen LogP contribution is -2.48. The molecule has 2 heterocycles. The van der Waals surface area contributed by atoms with Crippen molar-refractivity contribution in [1.82, 2.24) is 4.90 Å². The maximum Gasteiger partial charge on any atom is 0.337 e. The first-order chi connectivity index (χ1) is 14.4. The quantitative estimate of drug-likeness (QED) is 0.765. The molecule has 0 aliphatic carbocycles. The van der Waals surface area contributed by atoms with Crippen molar-refractivity contribution in [2.75, 3.05) is 12.9 Å². The predicted octanol–water partition coefficient (Wildman–Crippen LogP) is 3.42. The van der Waals surface area contributed by atoms with E-state index >= 15 is 0 Å². The third-order valence-electron chi connectivity index (χ3n) is 5.56. The van der Waals surface area contributed by atoms with E-state index in [-0.39, 0.29) is 18.1 Å². The molecule has 1 saturated heterocycles. The van der Waals surface area contributed by atoms with Gasteiger partial charge in [-0.1, -0.05) is 42.0 Å². The van der Waals surface area contributed by atoms with E-state index in [0.717, 1.165) is 11.1 Å². The maximum absolute atomic E-state index is 13.1. The number of rotatable bonds is 3. The standard InChI is InChI=1S/C23H20N2O4S/c1-14-3-9-17(10-4-14)23(28)13-30-21-19(12-24)18(11-20(26)25(21)23)15-5-7-16(8-6-15)22(27)29-2/h3-10,18,28H,11,13H2,1-2H3/t18-,23-/m0/s1. The Bertz CT molecular complexity index is 1090. The number of amides is 1. The number of aliphatic hydroxyl groups is 1. The van der Waals surface area contributed by atoms with Crippen LogP contribution < -0.4 is 0 Å². The van der Waals surface area contributed by atoms with Crippen molar-refractivity contribution < 1.29 is 19.4 Å². The van der Waals surface area contributed by atoms with E-state index in [1.807, 2.05) is 31.2 Å². The van der Waals surface area contributed by atoms with E-state index in [1.54, 1.807) is 24.3 Å². The number of carbonyl (C=O) groups is 2. The second-order valence-corrected chi connectivity index (χ2v) is 8.37. The number of esters is 1. The van der Waals surface area contributed by atoms with Gasteiger partial charge in [-0.15, -0.1) is 11.8 Å². The van der Waals surface area contributed by atoms with E-state index in [4.69, 9.17) is 4.74 Å². The number of hydrogen-bond donors (Lipinski definition) is 1. The Balaban J connectivity index is 1.73. The highest BCUT2D eigenvalue weighted by Gasteiger charge is 2.51. The van der Waals surface area contributed by atoms with Gasteiger partial charge in [-0.05, 0) is 24.6 Å². The number of nitrogens with zero attached hydrogens (tertiary/aromatic N) is 2. The molecule has 1 amide bonds. The highest BCUT2D eigenvalue weighted by Crippen LogP contribution is 2.51. The van der Waals surface area contributed by atoms with Gasteiger partial charge in [0.25, 0.3) is 0 Å². The number of thioether (sulfide) groups is 1. The Morgan fingerprint density at radius 2 is 1.90 bits per heavy atom. The van der Waals surface area contributed by atoms with E-state index in [2.05, 4.69) is 6.07 Å². The molecule has 7 heteroatoms. The second-order valence-electron chi connectivity index (χ2n) is 7.40. The number of hydrogen-bond acceptors (Lipinski definition) is 6. The largest absolute Gasteiger partial charge is 0.465 e. The van der Waals surface area contributed by atoms with Crippen LogP contribution in [0.2, 0.25) is 0 Å². The molecule has 0 aromatic heterocycles. The van der Waals surface area contributed by atoms with Gasteiger partial charge in [0.1, 0.15) is 0 Å². The Kier molecular flexibility index (Phi) is 5.14. The number of allylic oxidation sites excluding steroid dienone is 1. The molecule has 4 rings (SSSR count). The van der Waals surface area contributed by atoms with E-state index < -0.39 is 17.6 Å². The Morgan fingerprint density at radius 1 is 1.23 bits per heavy atom. The number of benzene rings is 2.